The molecule has 8 heteroatoms. The maximum Gasteiger partial charge on any atom is 0.239 e. The Balaban J connectivity index is 1.25. The lowest BCUT2D eigenvalue weighted by Crippen LogP contribution is -2.48. The van der Waals surface area contributed by atoms with Gasteiger partial charge in [-0.15, -0.1) is 0 Å². The number of rotatable bonds is 6. The molecule has 0 aromatic carbocycles. The van der Waals surface area contributed by atoms with Gasteiger partial charge in [0.05, 0.1) is 17.9 Å². The van der Waals surface area contributed by atoms with Crippen LogP contribution in [0.25, 0.3) is 23.0 Å². The summed E-state index contributed by atoms with van der Waals surface area (Å²) in [5.74, 6) is 2.15. The third-order valence-electron chi connectivity index (χ3n) is 6.71. The van der Waals surface area contributed by atoms with Crippen molar-refractivity contribution in [1.82, 2.24) is 24.8 Å². The molecule has 0 saturated carbocycles. The summed E-state index contributed by atoms with van der Waals surface area (Å²) in [5.41, 5.74) is 1.35. The van der Waals surface area contributed by atoms with Gasteiger partial charge in [-0.1, -0.05) is 12.5 Å². The van der Waals surface area contributed by atoms with Crippen LogP contribution < -0.4 is 5.32 Å². The summed E-state index contributed by atoms with van der Waals surface area (Å²) in [7, 11) is 0. The van der Waals surface area contributed by atoms with Gasteiger partial charge in [-0.05, 0) is 70.0 Å². The Morgan fingerprint density at radius 2 is 1.85 bits per heavy atom. The molecule has 5 rings (SSSR count). The Bertz CT molecular complexity index is 1100. The molecule has 3 aromatic rings. The van der Waals surface area contributed by atoms with Crippen molar-refractivity contribution in [3.8, 4) is 23.0 Å². The van der Waals surface area contributed by atoms with Crippen molar-refractivity contribution in [2.24, 2.45) is 0 Å². The van der Waals surface area contributed by atoms with Gasteiger partial charge in [0.15, 0.2) is 11.6 Å². The second-order valence-electron chi connectivity index (χ2n) is 9.24. The van der Waals surface area contributed by atoms with Crippen LogP contribution in [0, 0.1) is 6.92 Å². The van der Waals surface area contributed by atoms with Crippen LogP contribution in [0.1, 0.15) is 37.9 Å². The number of pyridine rings is 1. The first-order chi connectivity index (χ1) is 16.6. The van der Waals surface area contributed by atoms with Crippen LogP contribution in [0.5, 0.6) is 0 Å². The van der Waals surface area contributed by atoms with Crippen molar-refractivity contribution in [1.29, 1.82) is 0 Å². The highest BCUT2D eigenvalue weighted by Crippen LogP contribution is 2.25. The van der Waals surface area contributed by atoms with Gasteiger partial charge in [-0.2, -0.15) is 0 Å². The first kappa shape index (κ1) is 22.7. The molecular weight excluding hydrogens is 428 g/mol. The zero-order valence-electron chi connectivity index (χ0n) is 19.7. The van der Waals surface area contributed by atoms with E-state index in [0.717, 1.165) is 31.7 Å². The number of nitrogens with one attached hydrogen (secondary N) is 1. The molecule has 5 heterocycles. The molecule has 1 N–H and O–H groups in total. The first-order valence-electron chi connectivity index (χ1n) is 12.3. The van der Waals surface area contributed by atoms with Crippen molar-refractivity contribution in [2.75, 3.05) is 38.0 Å². The molecule has 2 fully saturated rings. The molecule has 0 unspecified atom stereocenters. The number of aryl methyl sites for hydroxylation is 1. The molecule has 0 aliphatic carbocycles. The van der Waals surface area contributed by atoms with Crippen molar-refractivity contribution in [2.45, 2.75) is 45.1 Å². The van der Waals surface area contributed by atoms with Crippen molar-refractivity contribution >= 4 is 11.7 Å². The summed E-state index contributed by atoms with van der Waals surface area (Å²) in [6.07, 6.45) is 7.99. The van der Waals surface area contributed by atoms with Crippen LogP contribution >= 0.6 is 0 Å². The predicted octanol–water partition coefficient (Wildman–Crippen LogP) is 4.00. The molecule has 0 atom stereocenters. The molecule has 8 nitrogen and oxygen atoms in total. The molecule has 0 spiro atoms. The second kappa shape index (κ2) is 10.4. The number of carbonyl (C=O) groups excluding carboxylic acids is 1. The van der Waals surface area contributed by atoms with Crippen molar-refractivity contribution < 1.29 is 9.21 Å². The molecule has 34 heavy (non-hydrogen) atoms. The Kier molecular flexibility index (Phi) is 6.97. The average Bonchev–Trinajstić information content (AvgIpc) is 3.32. The quantitative estimate of drug-likeness (QED) is 0.595. The van der Waals surface area contributed by atoms with E-state index in [2.05, 4.69) is 30.1 Å². The SMILES string of the molecule is Cc1ccc(-c2nc(NC(=O)CN3CCC(N4CCCCC4)CC3)cc(-c3ccccn3)n2)o1. The molecule has 0 bridgehead atoms. The topological polar surface area (TPSA) is 87.4 Å². The third kappa shape index (κ3) is 5.51. The summed E-state index contributed by atoms with van der Waals surface area (Å²) in [5, 5.41) is 2.98. The smallest absolute Gasteiger partial charge is 0.239 e. The minimum atomic E-state index is -0.0660. The summed E-state index contributed by atoms with van der Waals surface area (Å²) < 4.78 is 5.73. The molecule has 2 saturated heterocycles. The molecule has 178 valence electrons. The average molecular weight is 461 g/mol. The fraction of sp³-hybridized carbons (Fsp3) is 0.462. The minimum absolute atomic E-state index is 0.0660. The number of furan rings is 1. The normalized spacial score (nSPS) is 18.1. The van der Waals surface area contributed by atoms with Gasteiger partial charge in [-0.25, -0.2) is 9.97 Å². The molecule has 2 aliphatic rings. The van der Waals surface area contributed by atoms with Gasteiger partial charge in [0.2, 0.25) is 5.91 Å². The zero-order chi connectivity index (χ0) is 23.3. The monoisotopic (exact) mass is 460 g/mol. The number of nitrogens with zero attached hydrogens (tertiary/aromatic N) is 5. The first-order valence-corrected chi connectivity index (χ1v) is 12.3. The summed E-state index contributed by atoms with van der Waals surface area (Å²) in [4.78, 5) is 31.4. The number of aromatic nitrogens is 3. The highest BCUT2D eigenvalue weighted by atomic mass is 16.3. The van der Waals surface area contributed by atoms with E-state index >= 15 is 0 Å². The minimum Gasteiger partial charge on any atom is -0.458 e. The van der Waals surface area contributed by atoms with Crippen LogP contribution in [0.2, 0.25) is 0 Å². The van der Waals surface area contributed by atoms with Gasteiger partial charge in [-0.3, -0.25) is 14.7 Å². The third-order valence-corrected chi connectivity index (χ3v) is 6.71. The summed E-state index contributed by atoms with van der Waals surface area (Å²) >= 11 is 0. The molecule has 2 aliphatic heterocycles. The van der Waals surface area contributed by atoms with E-state index in [1.54, 1.807) is 12.3 Å². The van der Waals surface area contributed by atoms with Crippen LogP contribution in [-0.4, -0.2) is 69.4 Å². The number of likely N-dealkylation sites (tertiary alicyclic amines) is 2. The number of amides is 1. The summed E-state index contributed by atoms with van der Waals surface area (Å²) in [6.45, 7) is 6.61. The van der Waals surface area contributed by atoms with Crippen LogP contribution in [0.15, 0.2) is 47.0 Å². The number of hydrogen-bond acceptors (Lipinski definition) is 7. The highest BCUT2D eigenvalue weighted by Gasteiger charge is 2.26. The number of carbonyl (C=O) groups is 1. The lowest BCUT2D eigenvalue weighted by molar-refractivity contribution is -0.117. The van der Waals surface area contributed by atoms with E-state index in [9.17, 15) is 4.79 Å². The molecule has 0 radical (unpaired) electrons. The van der Waals surface area contributed by atoms with Gasteiger partial charge in [0, 0.05) is 31.4 Å². The molecule has 3 aromatic heterocycles. The summed E-state index contributed by atoms with van der Waals surface area (Å²) in [6, 6.07) is 11.8. The van der Waals surface area contributed by atoms with E-state index in [1.165, 1.54) is 32.4 Å². The zero-order valence-corrected chi connectivity index (χ0v) is 19.7. The fourth-order valence-electron chi connectivity index (χ4n) is 4.93. The van der Waals surface area contributed by atoms with E-state index in [0.29, 0.717) is 41.4 Å². The lowest BCUT2D eigenvalue weighted by Gasteiger charge is -2.40. The second-order valence-corrected chi connectivity index (χ2v) is 9.24. The Morgan fingerprint density at radius 1 is 1.03 bits per heavy atom. The van der Waals surface area contributed by atoms with E-state index in [-0.39, 0.29) is 5.91 Å². The van der Waals surface area contributed by atoms with Gasteiger partial charge in [0.25, 0.3) is 0 Å². The number of anilines is 1. The van der Waals surface area contributed by atoms with Gasteiger partial charge < -0.3 is 14.6 Å². The maximum absolute atomic E-state index is 12.9. The van der Waals surface area contributed by atoms with Crippen molar-refractivity contribution in [3.63, 3.8) is 0 Å². The van der Waals surface area contributed by atoms with Crippen LogP contribution in [0.4, 0.5) is 5.82 Å². The largest absolute Gasteiger partial charge is 0.458 e. The lowest BCUT2D eigenvalue weighted by atomic mass is 10.00. The standard InChI is InChI=1S/C26H32N6O2/c1-19-8-9-23(34-19)26-28-22(21-7-3-4-12-27-21)17-24(30-26)29-25(33)18-31-15-10-20(11-16-31)32-13-5-2-6-14-32/h3-4,7-9,12,17,20H,2,5-6,10-11,13-16,18H2,1H3,(H,28,29,30,33). The Labute approximate surface area is 200 Å². The van der Waals surface area contributed by atoms with E-state index in [4.69, 9.17) is 4.42 Å². The van der Waals surface area contributed by atoms with Crippen LogP contribution in [0.3, 0.4) is 0 Å². The van der Waals surface area contributed by atoms with Crippen molar-refractivity contribution in [3.05, 3.63) is 48.4 Å². The predicted molar refractivity (Wildman–Crippen MR) is 131 cm³/mol. The molecular formula is C26H32N6O2. The van der Waals surface area contributed by atoms with E-state index < -0.39 is 0 Å². The van der Waals surface area contributed by atoms with Gasteiger partial charge >= 0.3 is 0 Å². The Morgan fingerprint density at radius 3 is 2.56 bits per heavy atom. The van der Waals surface area contributed by atoms with Crippen LogP contribution in [-0.2, 0) is 4.79 Å². The van der Waals surface area contributed by atoms with Gasteiger partial charge in [0.1, 0.15) is 11.6 Å². The fourth-order valence-corrected chi connectivity index (χ4v) is 4.93. The maximum atomic E-state index is 12.9. The van der Waals surface area contributed by atoms with E-state index in [1.807, 2.05) is 37.3 Å². The molecule has 1 amide bonds. The number of hydrogen-bond donors (Lipinski definition) is 1. The Hall–Kier alpha value is -3.10. The highest BCUT2D eigenvalue weighted by molar-refractivity contribution is 5.92. The number of piperidine rings is 2.